The smallest absolute Gasteiger partial charge is 0.251 e. The van der Waals surface area contributed by atoms with Crippen molar-refractivity contribution in [3.63, 3.8) is 0 Å². The number of anilines is 1. The molecule has 0 atom stereocenters. The molecule has 92 valence electrons. The zero-order chi connectivity index (χ0) is 13.0. The molecule has 1 rings (SSSR count). The molecule has 0 saturated carbocycles. The lowest BCUT2D eigenvalue weighted by molar-refractivity contribution is -0.115. The Hall–Kier alpha value is -1.55. The average Bonchev–Trinajstić information content (AvgIpc) is 2.26. The fourth-order valence-corrected chi connectivity index (χ4v) is 1.69. The van der Waals surface area contributed by atoms with Crippen LogP contribution in [-0.2, 0) is 4.79 Å². The summed E-state index contributed by atoms with van der Waals surface area (Å²) in [6.07, 6.45) is 1.61. The summed E-state index contributed by atoms with van der Waals surface area (Å²) in [5.41, 5.74) is 6.24. The van der Waals surface area contributed by atoms with Gasteiger partial charge in [-0.2, -0.15) is 0 Å². The summed E-state index contributed by atoms with van der Waals surface area (Å²) in [7, 11) is 0. The van der Waals surface area contributed by atoms with Gasteiger partial charge < -0.3 is 11.1 Å². The summed E-state index contributed by atoms with van der Waals surface area (Å²) in [6, 6.07) is 2.47. The molecule has 0 aromatic heterocycles. The molecule has 0 fully saturated rings. The molecule has 0 unspecified atom stereocenters. The molecule has 0 aliphatic carbocycles. The number of allylic oxidation sites excluding steroid dienone is 1. The van der Waals surface area contributed by atoms with Gasteiger partial charge in [0.2, 0.25) is 0 Å². The minimum Gasteiger partial charge on any atom is -0.396 e. The van der Waals surface area contributed by atoms with E-state index >= 15 is 0 Å². The zero-order valence-corrected chi connectivity index (χ0v) is 10.4. The van der Waals surface area contributed by atoms with Crippen molar-refractivity contribution in [1.82, 2.24) is 5.32 Å². The Bertz CT molecular complexity index is 472. The van der Waals surface area contributed by atoms with Gasteiger partial charge in [0.15, 0.2) is 0 Å². The van der Waals surface area contributed by atoms with Crippen LogP contribution >= 0.6 is 11.6 Å². The molecular weight excluding hydrogens is 243 g/mol. The van der Waals surface area contributed by atoms with Crippen molar-refractivity contribution >= 4 is 28.8 Å². The van der Waals surface area contributed by atoms with Crippen LogP contribution in [0.15, 0.2) is 18.2 Å². The number of carbonyl (C=O) groups excluding carboxylic acids is 1. The number of nitrogen functional groups attached to an aromatic ring is 1. The molecule has 0 saturated heterocycles. The normalized spacial score (nSPS) is 11.4. The van der Waals surface area contributed by atoms with E-state index in [9.17, 15) is 9.18 Å². The Morgan fingerprint density at radius 1 is 1.59 bits per heavy atom. The van der Waals surface area contributed by atoms with Crippen LogP contribution < -0.4 is 11.1 Å². The van der Waals surface area contributed by atoms with E-state index in [0.717, 1.165) is 6.07 Å². The van der Waals surface area contributed by atoms with Crippen LogP contribution in [0.1, 0.15) is 19.4 Å². The second-order valence-corrected chi connectivity index (χ2v) is 3.82. The van der Waals surface area contributed by atoms with Crippen LogP contribution in [-0.4, -0.2) is 12.5 Å². The van der Waals surface area contributed by atoms with Crippen molar-refractivity contribution in [1.29, 1.82) is 0 Å². The summed E-state index contributed by atoms with van der Waals surface area (Å²) in [5.74, 6) is -0.854. The lowest BCUT2D eigenvalue weighted by atomic mass is 10.0. The predicted molar refractivity (Wildman–Crippen MR) is 68.2 cm³/mol. The van der Waals surface area contributed by atoms with E-state index in [0.29, 0.717) is 17.7 Å². The molecule has 17 heavy (non-hydrogen) atoms. The Labute approximate surface area is 104 Å². The minimum atomic E-state index is -0.592. The van der Waals surface area contributed by atoms with Gasteiger partial charge in [0, 0.05) is 17.7 Å². The van der Waals surface area contributed by atoms with Gasteiger partial charge in [-0.1, -0.05) is 17.7 Å². The van der Waals surface area contributed by atoms with Crippen molar-refractivity contribution in [2.75, 3.05) is 12.3 Å². The number of likely N-dealkylation sites (N-methyl/N-ethyl adjacent to an activating group) is 1. The van der Waals surface area contributed by atoms with Crippen LogP contribution in [0.4, 0.5) is 10.1 Å². The molecular formula is C12H14ClFN2O. The topological polar surface area (TPSA) is 55.1 Å². The van der Waals surface area contributed by atoms with E-state index in [1.165, 1.54) is 6.07 Å². The summed E-state index contributed by atoms with van der Waals surface area (Å²) in [6.45, 7) is 4.02. The maximum Gasteiger partial charge on any atom is 0.251 e. The highest BCUT2D eigenvalue weighted by Crippen LogP contribution is 2.28. The molecule has 1 amide bonds. The van der Waals surface area contributed by atoms with Crippen LogP contribution in [0.5, 0.6) is 0 Å². The summed E-state index contributed by atoms with van der Waals surface area (Å²) >= 11 is 5.90. The summed E-state index contributed by atoms with van der Waals surface area (Å²) in [4.78, 5) is 11.8. The van der Waals surface area contributed by atoms with Gasteiger partial charge in [-0.15, -0.1) is 0 Å². The van der Waals surface area contributed by atoms with Gasteiger partial charge >= 0.3 is 0 Å². The highest BCUT2D eigenvalue weighted by atomic mass is 35.5. The predicted octanol–water partition coefficient (Wildman–Crippen LogP) is 2.60. The molecule has 3 nitrogen and oxygen atoms in total. The largest absolute Gasteiger partial charge is 0.396 e. The number of nitrogens with two attached hydrogens (primary N) is 1. The highest BCUT2D eigenvalue weighted by molar-refractivity contribution is 6.35. The molecule has 0 heterocycles. The van der Waals surface area contributed by atoms with Gasteiger partial charge in [0.25, 0.3) is 5.91 Å². The summed E-state index contributed by atoms with van der Waals surface area (Å²) < 4.78 is 13.1. The van der Waals surface area contributed by atoms with Crippen molar-refractivity contribution in [2.45, 2.75) is 13.8 Å². The first-order valence-corrected chi connectivity index (χ1v) is 5.58. The third kappa shape index (κ3) is 2.97. The van der Waals surface area contributed by atoms with Crippen molar-refractivity contribution < 1.29 is 9.18 Å². The first kappa shape index (κ1) is 13.5. The van der Waals surface area contributed by atoms with Gasteiger partial charge in [-0.3, -0.25) is 4.79 Å². The molecule has 0 radical (unpaired) electrons. The van der Waals surface area contributed by atoms with Crippen molar-refractivity contribution in [3.8, 4) is 0 Å². The highest BCUT2D eigenvalue weighted by Gasteiger charge is 2.15. The molecule has 0 aliphatic heterocycles. The second-order valence-electron chi connectivity index (χ2n) is 3.42. The molecule has 3 N–H and O–H groups in total. The molecule has 0 aliphatic rings. The van der Waals surface area contributed by atoms with Gasteiger partial charge in [0.1, 0.15) is 5.82 Å². The number of rotatable bonds is 3. The number of hydrogen-bond donors (Lipinski definition) is 2. The van der Waals surface area contributed by atoms with E-state index < -0.39 is 5.82 Å². The Morgan fingerprint density at radius 3 is 2.76 bits per heavy atom. The van der Waals surface area contributed by atoms with Crippen LogP contribution in [0, 0.1) is 5.82 Å². The Morgan fingerprint density at radius 2 is 2.24 bits per heavy atom. The zero-order valence-electron chi connectivity index (χ0n) is 9.68. The number of amides is 1. The average molecular weight is 257 g/mol. The third-order valence-electron chi connectivity index (χ3n) is 2.25. The number of halogens is 2. The molecule has 0 spiro atoms. The number of hydrogen-bond acceptors (Lipinski definition) is 2. The maximum absolute atomic E-state index is 13.1. The second kappa shape index (κ2) is 5.68. The molecule has 1 aromatic carbocycles. The fraction of sp³-hybridized carbons (Fsp3) is 0.250. The number of nitrogens with one attached hydrogen (secondary N) is 1. The SMILES string of the molecule is C/C=C(\C(=O)NCC)c1cc(N)c(F)cc1Cl. The lowest BCUT2D eigenvalue weighted by Gasteiger charge is -2.10. The molecule has 5 heteroatoms. The lowest BCUT2D eigenvalue weighted by Crippen LogP contribution is -2.23. The fourth-order valence-electron chi connectivity index (χ4n) is 1.44. The van der Waals surface area contributed by atoms with E-state index in [1.807, 2.05) is 6.92 Å². The van der Waals surface area contributed by atoms with E-state index in [2.05, 4.69) is 5.32 Å². The van der Waals surface area contributed by atoms with Crippen LogP contribution in [0.2, 0.25) is 5.02 Å². The molecule has 0 bridgehead atoms. The van der Waals surface area contributed by atoms with E-state index in [4.69, 9.17) is 17.3 Å². The van der Waals surface area contributed by atoms with Crippen molar-refractivity contribution in [3.05, 3.63) is 34.6 Å². The monoisotopic (exact) mass is 256 g/mol. The van der Waals surface area contributed by atoms with Crippen molar-refractivity contribution in [2.24, 2.45) is 0 Å². The first-order chi connectivity index (χ1) is 8.01. The summed E-state index contributed by atoms with van der Waals surface area (Å²) in [5, 5.41) is 2.82. The van der Waals surface area contributed by atoms with E-state index in [-0.39, 0.29) is 16.6 Å². The standard InChI is InChI=1S/C12H14ClFN2O/c1-3-7(12(17)16-4-2)8-5-11(15)10(14)6-9(8)13/h3,5-6H,4,15H2,1-2H3,(H,16,17)/b7-3-. The Kier molecular flexibility index (Phi) is 4.52. The number of carbonyl (C=O) groups is 1. The third-order valence-corrected chi connectivity index (χ3v) is 2.56. The van der Waals surface area contributed by atoms with Crippen LogP contribution in [0.3, 0.4) is 0 Å². The quantitative estimate of drug-likeness (QED) is 0.645. The first-order valence-electron chi connectivity index (χ1n) is 5.20. The Balaban J connectivity index is 3.22. The maximum atomic E-state index is 13.1. The van der Waals surface area contributed by atoms with Crippen LogP contribution in [0.25, 0.3) is 5.57 Å². The van der Waals surface area contributed by atoms with Gasteiger partial charge in [-0.25, -0.2) is 4.39 Å². The van der Waals surface area contributed by atoms with Gasteiger partial charge in [-0.05, 0) is 26.0 Å². The molecule has 1 aromatic rings. The van der Waals surface area contributed by atoms with E-state index in [1.54, 1.807) is 13.0 Å². The minimum absolute atomic E-state index is 0.0342. The van der Waals surface area contributed by atoms with Gasteiger partial charge in [0.05, 0.1) is 10.7 Å². The number of benzene rings is 1.